The van der Waals surface area contributed by atoms with Gasteiger partial charge in [0.1, 0.15) is 30.1 Å². The highest BCUT2D eigenvalue weighted by atomic mass is 19.4. The minimum Gasteiger partial charge on any atom is -0.464 e. The number of morpholine rings is 1. The number of rotatable bonds is 16. The monoisotopic (exact) mass is 737 g/mol. The molecule has 3 atom stereocenters. The van der Waals surface area contributed by atoms with E-state index in [2.05, 4.69) is 15.6 Å². The number of Topliss-reactive ketones (excluding diaryl/α,β-unsaturated/α-hetero) is 1. The van der Waals surface area contributed by atoms with Crippen LogP contribution in [0.25, 0.3) is 0 Å². The normalized spacial score (nSPS) is 16.8. The maximum absolute atomic E-state index is 15.3. The summed E-state index contributed by atoms with van der Waals surface area (Å²) in [4.78, 5) is 42.8. The fourth-order valence-electron chi connectivity index (χ4n) is 5.69. The van der Waals surface area contributed by atoms with Gasteiger partial charge < -0.3 is 24.8 Å². The Hall–Kier alpha value is -4.50. The Morgan fingerprint density at radius 1 is 0.962 bits per heavy atom. The molecule has 1 aromatic heterocycles. The van der Waals surface area contributed by atoms with Crippen LogP contribution in [0.15, 0.2) is 60.9 Å². The summed E-state index contributed by atoms with van der Waals surface area (Å²) in [6.45, 7) is 3.94. The highest BCUT2D eigenvalue weighted by Crippen LogP contribution is 2.31. The van der Waals surface area contributed by atoms with Crippen molar-refractivity contribution in [3.8, 4) is 0 Å². The zero-order valence-electron chi connectivity index (χ0n) is 28.7. The summed E-state index contributed by atoms with van der Waals surface area (Å²) in [5.74, 6) is -4.15. The van der Waals surface area contributed by atoms with Crippen LogP contribution in [0, 0.1) is 23.4 Å². The zero-order chi connectivity index (χ0) is 37.8. The standard InChI is InChI=1S/C37H41F6N3O6/c1-22(2)19-52-36(49)46-35(34(23-3-7-26(38)8-4-23)24-5-9-27(39)10-6-24)32(47)15-25-16-44-18-31(40)30(25)12-11-29-17-45-28(20-50-29)21-51-33(48)13-14-37(41,42)43/h3-10,16,18,22,28-29,34-35,45H,11-15,17,19-21H2,1-2H3,(H,46,49)/t28-,29+,35+/m0/s1. The second-order valence-electron chi connectivity index (χ2n) is 13.0. The summed E-state index contributed by atoms with van der Waals surface area (Å²) in [7, 11) is 0. The number of carbonyl (C=O) groups is 3. The molecule has 4 rings (SSSR count). The van der Waals surface area contributed by atoms with Gasteiger partial charge in [0.05, 0.1) is 44.4 Å². The lowest BCUT2D eigenvalue weighted by Crippen LogP contribution is -2.49. The number of alkyl halides is 3. The summed E-state index contributed by atoms with van der Waals surface area (Å²) >= 11 is 0. The zero-order valence-corrected chi connectivity index (χ0v) is 28.7. The molecule has 1 amide bonds. The second-order valence-corrected chi connectivity index (χ2v) is 13.0. The van der Waals surface area contributed by atoms with Crippen LogP contribution < -0.4 is 10.6 Å². The Kier molecular flexibility index (Phi) is 14.6. The van der Waals surface area contributed by atoms with E-state index < -0.39 is 78.4 Å². The number of pyridine rings is 1. The molecule has 2 aromatic carbocycles. The van der Waals surface area contributed by atoms with Crippen molar-refractivity contribution < 1.29 is 54.9 Å². The van der Waals surface area contributed by atoms with Crippen molar-refractivity contribution in [1.29, 1.82) is 0 Å². The predicted molar refractivity (Wildman–Crippen MR) is 177 cm³/mol. The van der Waals surface area contributed by atoms with Crippen molar-refractivity contribution in [3.05, 3.63) is 101 Å². The third kappa shape index (κ3) is 12.6. The minimum atomic E-state index is -4.46. The lowest BCUT2D eigenvalue weighted by atomic mass is 9.81. The Balaban J connectivity index is 1.48. The second kappa shape index (κ2) is 18.8. The molecule has 0 radical (unpaired) electrons. The first-order valence-corrected chi connectivity index (χ1v) is 16.8. The molecule has 1 aliphatic heterocycles. The van der Waals surface area contributed by atoms with Gasteiger partial charge in [-0.15, -0.1) is 0 Å². The molecule has 282 valence electrons. The van der Waals surface area contributed by atoms with Crippen LogP contribution in [0.1, 0.15) is 61.3 Å². The lowest BCUT2D eigenvalue weighted by molar-refractivity contribution is -0.158. The van der Waals surface area contributed by atoms with Crippen molar-refractivity contribution in [1.82, 2.24) is 15.6 Å². The van der Waals surface area contributed by atoms with E-state index in [1.807, 2.05) is 13.8 Å². The van der Waals surface area contributed by atoms with E-state index in [4.69, 9.17) is 14.2 Å². The quantitative estimate of drug-likeness (QED) is 0.129. The third-order valence-electron chi connectivity index (χ3n) is 8.36. The molecule has 15 heteroatoms. The summed E-state index contributed by atoms with van der Waals surface area (Å²) in [5, 5.41) is 5.76. The van der Waals surface area contributed by atoms with Crippen molar-refractivity contribution in [2.24, 2.45) is 5.92 Å². The molecule has 1 fully saturated rings. The molecular weight excluding hydrogens is 696 g/mol. The molecule has 3 aromatic rings. The highest BCUT2D eigenvalue weighted by Gasteiger charge is 2.34. The molecule has 9 nitrogen and oxygen atoms in total. The highest BCUT2D eigenvalue weighted by molar-refractivity contribution is 5.91. The van der Waals surface area contributed by atoms with Crippen molar-refractivity contribution >= 4 is 17.8 Å². The number of hydrogen-bond donors (Lipinski definition) is 2. The number of amides is 1. The van der Waals surface area contributed by atoms with Crippen LogP contribution in [0.3, 0.4) is 0 Å². The largest absolute Gasteiger partial charge is 0.464 e. The molecule has 0 aliphatic carbocycles. The van der Waals surface area contributed by atoms with Crippen molar-refractivity contribution in [2.45, 2.75) is 76.2 Å². The molecule has 0 unspecified atom stereocenters. The Bertz CT molecular complexity index is 1580. The number of nitrogens with one attached hydrogen (secondary N) is 2. The maximum atomic E-state index is 15.3. The molecular formula is C37H41F6N3O6. The van der Waals surface area contributed by atoms with E-state index in [0.717, 1.165) is 6.20 Å². The first-order chi connectivity index (χ1) is 24.7. The van der Waals surface area contributed by atoms with E-state index in [1.165, 1.54) is 54.7 Å². The molecule has 1 aliphatic rings. The number of benzene rings is 2. The van der Waals surface area contributed by atoms with Gasteiger partial charge in [0, 0.05) is 25.1 Å². The van der Waals surface area contributed by atoms with Gasteiger partial charge in [0.25, 0.3) is 0 Å². The molecule has 0 bridgehead atoms. The minimum absolute atomic E-state index is 0.00535. The molecule has 52 heavy (non-hydrogen) atoms. The number of alkyl carbamates (subject to hydrolysis) is 1. The van der Waals surface area contributed by atoms with Gasteiger partial charge in [-0.3, -0.25) is 14.6 Å². The molecule has 1 saturated heterocycles. The van der Waals surface area contributed by atoms with Crippen LogP contribution in [0.4, 0.5) is 31.1 Å². The van der Waals surface area contributed by atoms with Gasteiger partial charge in [-0.2, -0.15) is 13.2 Å². The van der Waals surface area contributed by atoms with Crippen LogP contribution in [-0.4, -0.2) is 73.6 Å². The average molecular weight is 738 g/mol. The summed E-state index contributed by atoms with van der Waals surface area (Å²) in [6, 6.07) is 8.90. The number of hydrogen-bond acceptors (Lipinski definition) is 8. The van der Waals surface area contributed by atoms with Crippen LogP contribution in [0.2, 0.25) is 0 Å². The first-order valence-electron chi connectivity index (χ1n) is 16.8. The molecule has 2 N–H and O–H groups in total. The summed E-state index contributed by atoms with van der Waals surface area (Å²) in [5.41, 5.74) is 1.36. The number of carbonyl (C=O) groups excluding carboxylic acids is 3. The first kappa shape index (κ1) is 40.3. The smallest absolute Gasteiger partial charge is 0.407 e. The summed E-state index contributed by atoms with van der Waals surface area (Å²) in [6.07, 6.45) is -5.33. The number of esters is 1. The molecule has 0 saturated carbocycles. The van der Waals surface area contributed by atoms with Gasteiger partial charge in [-0.05, 0) is 65.3 Å². The summed E-state index contributed by atoms with van der Waals surface area (Å²) < 4.78 is 96.3. The number of aromatic nitrogens is 1. The van der Waals surface area contributed by atoms with E-state index in [1.54, 1.807) is 0 Å². The van der Waals surface area contributed by atoms with E-state index >= 15 is 4.39 Å². The number of ether oxygens (including phenoxy) is 3. The molecule has 2 heterocycles. The number of ketones is 1. The van der Waals surface area contributed by atoms with Crippen LogP contribution in [-0.2, 0) is 36.6 Å². The maximum Gasteiger partial charge on any atom is 0.407 e. The van der Waals surface area contributed by atoms with Gasteiger partial charge in [0.15, 0.2) is 5.78 Å². The van der Waals surface area contributed by atoms with E-state index in [0.29, 0.717) is 17.5 Å². The number of nitrogens with zero attached hydrogens (tertiary/aromatic N) is 1. The fourth-order valence-corrected chi connectivity index (χ4v) is 5.69. The van der Waals surface area contributed by atoms with E-state index in [9.17, 15) is 36.3 Å². The van der Waals surface area contributed by atoms with Crippen molar-refractivity contribution in [2.75, 3.05) is 26.4 Å². The topological polar surface area (TPSA) is 116 Å². The predicted octanol–water partition coefficient (Wildman–Crippen LogP) is 6.37. The van der Waals surface area contributed by atoms with Gasteiger partial charge in [-0.25, -0.2) is 18.0 Å². The Morgan fingerprint density at radius 3 is 2.15 bits per heavy atom. The number of halogens is 6. The van der Waals surface area contributed by atoms with Crippen molar-refractivity contribution in [3.63, 3.8) is 0 Å². The van der Waals surface area contributed by atoms with Gasteiger partial charge in [-0.1, -0.05) is 38.1 Å². The fraction of sp³-hybridized carbons (Fsp3) is 0.459. The van der Waals surface area contributed by atoms with Gasteiger partial charge in [0.2, 0.25) is 0 Å². The third-order valence-corrected chi connectivity index (χ3v) is 8.36. The lowest BCUT2D eigenvalue weighted by Gasteiger charge is -2.30. The average Bonchev–Trinajstić information content (AvgIpc) is 3.10. The van der Waals surface area contributed by atoms with Crippen LogP contribution in [0.5, 0.6) is 0 Å². The van der Waals surface area contributed by atoms with Crippen LogP contribution >= 0.6 is 0 Å². The Morgan fingerprint density at radius 2 is 1.60 bits per heavy atom. The van der Waals surface area contributed by atoms with E-state index in [-0.39, 0.29) is 56.3 Å². The van der Waals surface area contributed by atoms with Gasteiger partial charge >= 0.3 is 18.2 Å². The molecule has 0 spiro atoms. The SMILES string of the molecule is CC(C)COC(=O)N[C@H](C(=O)Cc1cncc(F)c1CC[C@@H]1CN[C@H](COC(=O)CCC(F)(F)F)CO1)C(c1ccc(F)cc1)c1ccc(F)cc1. The Labute approximate surface area is 297 Å².